The summed E-state index contributed by atoms with van der Waals surface area (Å²) in [5.74, 6) is -0.638. The first kappa shape index (κ1) is 15.9. The number of rotatable bonds is 9. The van der Waals surface area contributed by atoms with Gasteiger partial charge < -0.3 is 14.2 Å². The Labute approximate surface area is 102 Å². The highest BCUT2D eigenvalue weighted by molar-refractivity contribution is 5.70. The standard InChI is InChI=1S/C12H22O5/c1-4-7-10(13)16-9-12(15-6-3)17-11(14)8-5-2/h12H,4-9H2,1-3H3. The van der Waals surface area contributed by atoms with E-state index in [2.05, 4.69) is 0 Å². The molecule has 17 heavy (non-hydrogen) atoms. The van der Waals surface area contributed by atoms with E-state index < -0.39 is 6.29 Å². The predicted molar refractivity (Wildman–Crippen MR) is 62.3 cm³/mol. The second-order valence-electron chi connectivity index (χ2n) is 3.56. The number of hydrogen-bond donors (Lipinski definition) is 0. The lowest BCUT2D eigenvalue weighted by Crippen LogP contribution is -2.28. The molecule has 1 atom stereocenters. The van der Waals surface area contributed by atoms with Gasteiger partial charge in [0.25, 0.3) is 0 Å². The van der Waals surface area contributed by atoms with Crippen LogP contribution < -0.4 is 0 Å². The minimum Gasteiger partial charge on any atom is -0.459 e. The largest absolute Gasteiger partial charge is 0.459 e. The Morgan fingerprint density at radius 2 is 1.59 bits per heavy atom. The van der Waals surface area contributed by atoms with Crippen molar-refractivity contribution in [3.8, 4) is 0 Å². The minimum atomic E-state index is -0.792. The molecule has 0 fully saturated rings. The van der Waals surface area contributed by atoms with E-state index in [1.165, 1.54) is 0 Å². The van der Waals surface area contributed by atoms with Crippen LogP contribution in [-0.4, -0.2) is 31.4 Å². The molecule has 0 aliphatic heterocycles. The first-order valence-electron chi connectivity index (χ1n) is 6.10. The van der Waals surface area contributed by atoms with Crippen LogP contribution in [0.2, 0.25) is 0 Å². The van der Waals surface area contributed by atoms with Crippen molar-refractivity contribution < 1.29 is 23.8 Å². The lowest BCUT2D eigenvalue weighted by Gasteiger charge is -2.17. The van der Waals surface area contributed by atoms with Gasteiger partial charge in [-0.3, -0.25) is 9.59 Å². The van der Waals surface area contributed by atoms with E-state index in [4.69, 9.17) is 14.2 Å². The highest BCUT2D eigenvalue weighted by atomic mass is 16.7. The topological polar surface area (TPSA) is 61.8 Å². The Kier molecular flexibility index (Phi) is 9.43. The van der Waals surface area contributed by atoms with Gasteiger partial charge in [0.2, 0.25) is 6.29 Å². The summed E-state index contributed by atoms with van der Waals surface area (Å²) < 4.78 is 15.1. The van der Waals surface area contributed by atoms with E-state index >= 15 is 0 Å². The van der Waals surface area contributed by atoms with E-state index in [0.717, 1.165) is 6.42 Å². The molecule has 0 spiro atoms. The first-order chi connectivity index (χ1) is 8.13. The molecule has 0 bridgehead atoms. The number of esters is 2. The van der Waals surface area contributed by atoms with Gasteiger partial charge in [-0.15, -0.1) is 0 Å². The summed E-state index contributed by atoms with van der Waals surface area (Å²) in [5, 5.41) is 0. The molecule has 1 unspecified atom stereocenters. The molecule has 0 aliphatic carbocycles. The summed E-state index contributed by atoms with van der Waals surface area (Å²) in [7, 11) is 0. The zero-order valence-electron chi connectivity index (χ0n) is 10.9. The highest BCUT2D eigenvalue weighted by Crippen LogP contribution is 2.02. The van der Waals surface area contributed by atoms with E-state index in [9.17, 15) is 9.59 Å². The molecule has 5 heteroatoms. The van der Waals surface area contributed by atoms with Gasteiger partial charge in [-0.25, -0.2) is 0 Å². The molecule has 0 N–H and O–H groups in total. The number of ether oxygens (including phenoxy) is 3. The summed E-state index contributed by atoms with van der Waals surface area (Å²) in [6.07, 6.45) is 1.36. The molecule has 0 amide bonds. The minimum absolute atomic E-state index is 0.0396. The first-order valence-corrected chi connectivity index (χ1v) is 6.10. The monoisotopic (exact) mass is 246 g/mol. The molecule has 0 saturated carbocycles. The van der Waals surface area contributed by atoms with E-state index in [1.807, 2.05) is 13.8 Å². The van der Waals surface area contributed by atoms with Crippen LogP contribution in [0, 0.1) is 0 Å². The van der Waals surface area contributed by atoms with Crippen molar-refractivity contribution in [2.45, 2.75) is 52.7 Å². The summed E-state index contributed by atoms with van der Waals surface area (Å²) in [6, 6.07) is 0. The Bertz CT molecular complexity index is 227. The molecule has 0 aliphatic rings. The van der Waals surface area contributed by atoms with Gasteiger partial charge in [0.05, 0.1) is 0 Å². The van der Waals surface area contributed by atoms with Crippen molar-refractivity contribution in [3.05, 3.63) is 0 Å². The van der Waals surface area contributed by atoms with Crippen LogP contribution in [0.25, 0.3) is 0 Å². The molecular formula is C12H22O5. The van der Waals surface area contributed by atoms with Gasteiger partial charge >= 0.3 is 11.9 Å². The van der Waals surface area contributed by atoms with E-state index in [0.29, 0.717) is 25.9 Å². The summed E-state index contributed by atoms with van der Waals surface area (Å²) in [5.41, 5.74) is 0. The number of carbonyl (C=O) groups is 2. The van der Waals surface area contributed by atoms with Crippen molar-refractivity contribution in [2.24, 2.45) is 0 Å². The molecule has 5 nitrogen and oxygen atoms in total. The second-order valence-corrected chi connectivity index (χ2v) is 3.56. The fourth-order valence-corrected chi connectivity index (χ4v) is 1.15. The van der Waals surface area contributed by atoms with Crippen LogP contribution >= 0.6 is 0 Å². The Balaban J connectivity index is 3.96. The molecule has 0 rings (SSSR count). The summed E-state index contributed by atoms with van der Waals surface area (Å²) in [6.45, 7) is 5.92. The molecule has 0 aromatic carbocycles. The zero-order chi connectivity index (χ0) is 13.1. The van der Waals surface area contributed by atoms with Gasteiger partial charge in [-0.05, 0) is 19.8 Å². The molecule has 100 valence electrons. The van der Waals surface area contributed by atoms with E-state index in [1.54, 1.807) is 6.92 Å². The lowest BCUT2D eigenvalue weighted by molar-refractivity contribution is -0.193. The second kappa shape index (κ2) is 10.1. The smallest absolute Gasteiger partial charge is 0.308 e. The molecule has 0 radical (unpaired) electrons. The summed E-state index contributed by atoms with van der Waals surface area (Å²) in [4.78, 5) is 22.4. The quantitative estimate of drug-likeness (QED) is 0.460. The SMILES string of the molecule is CCCC(=O)OCC(OCC)OC(=O)CCC. The van der Waals surface area contributed by atoms with Crippen LogP contribution in [0.3, 0.4) is 0 Å². The maximum atomic E-state index is 11.3. The van der Waals surface area contributed by atoms with Crippen molar-refractivity contribution in [1.29, 1.82) is 0 Å². The van der Waals surface area contributed by atoms with Gasteiger partial charge in [0.15, 0.2) is 6.61 Å². The maximum absolute atomic E-state index is 11.3. The van der Waals surface area contributed by atoms with Gasteiger partial charge in [-0.2, -0.15) is 0 Å². The van der Waals surface area contributed by atoms with Crippen molar-refractivity contribution in [1.82, 2.24) is 0 Å². The molecule has 0 aromatic rings. The van der Waals surface area contributed by atoms with Crippen molar-refractivity contribution in [3.63, 3.8) is 0 Å². The number of hydrogen-bond acceptors (Lipinski definition) is 5. The number of carbonyl (C=O) groups excluding carboxylic acids is 2. The third-order valence-corrected chi connectivity index (χ3v) is 1.90. The third kappa shape index (κ3) is 8.68. The van der Waals surface area contributed by atoms with Crippen molar-refractivity contribution in [2.75, 3.05) is 13.2 Å². The van der Waals surface area contributed by atoms with Crippen LogP contribution in [0.4, 0.5) is 0 Å². The summed E-state index contributed by atoms with van der Waals surface area (Å²) >= 11 is 0. The van der Waals surface area contributed by atoms with E-state index in [-0.39, 0.29) is 18.5 Å². The lowest BCUT2D eigenvalue weighted by atomic mass is 10.3. The molecule has 0 saturated heterocycles. The molecule has 0 aromatic heterocycles. The molecule has 0 heterocycles. The fraction of sp³-hybridized carbons (Fsp3) is 0.833. The molecular weight excluding hydrogens is 224 g/mol. The van der Waals surface area contributed by atoms with Crippen LogP contribution in [0.15, 0.2) is 0 Å². The highest BCUT2D eigenvalue weighted by Gasteiger charge is 2.16. The zero-order valence-corrected chi connectivity index (χ0v) is 10.9. The Morgan fingerprint density at radius 1 is 1.00 bits per heavy atom. The van der Waals surface area contributed by atoms with Crippen LogP contribution in [-0.2, 0) is 23.8 Å². The Hall–Kier alpha value is -1.10. The van der Waals surface area contributed by atoms with Crippen LogP contribution in [0.5, 0.6) is 0 Å². The van der Waals surface area contributed by atoms with Crippen LogP contribution in [0.1, 0.15) is 46.5 Å². The Morgan fingerprint density at radius 3 is 2.12 bits per heavy atom. The van der Waals surface area contributed by atoms with Crippen molar-refractivity contribution >= 4 is 11.9 Å². The average molecular weight is 246 g/mol. The normalized spacial score (nSPS) is 11.9. The third-order valence-electron chi connectivity index (χ3n) is 1.90. The van der Waals surface area contributed by atoms with Gasteiger partial charge in [0.1, 0.15) is 0 Å². The average Bonchev–Trinajstić information content (AvgIpc) is 2.27. The van der Waals surface area contributed by atoms with Gasteiger partial charge in [-0.1, -0.05) is 13.8 Å². The fourth-order valence-electron chi connectivity index (χ4n) is 1.15. The maximum Gasteiger partial charge on any atom is 0.308 e. The predicted octanol–water partition coefficient (Wildman–Crippen LogP) is 2.04. The van der Waals surface area contributed by atoms with Gasteiger partial charge in [0, 0.05) is 19.4 Å².